The molecule has 0 saturated carbocycles. The van der Waals surface area contributed by atoms with Gasteiger partial charge < -0.3 is 10.2 Å². The highest BCUT2D eigenvalue weighted by Crippen LogP contribution is 2.25. The third-order valence-corrected chi connectivity index (χ3v) is 6.36. The third kappa shape index (κ3) is 5.46. The number of nitrogens with zero attached hydrogens (tertiary/aromatic N) is 2. The Morgan fingerprint density at radius 2 is 2.21 bits per heavy atom. The summed E-state index contributed by atoms with van der Waals surface area (Å²) in [6.07, 6.45) is 2.16. The van der Waals surface area contributed by atoms with Gasteiger partial charge in [-0.1, -0.05) is 13.8 Å². The number of hydrogen-bond acceptors (Lipinski definition) is 3. The molecule has 0 bridgehead atoms. The molecular formula is C14H29N3S2. The van der Waals surface area contributed by atoms with Crippen molar-refractivity contribution < 1.29 is 0 Å². The Hall–Kier alpha value is -0.0300. The first-order valence-corrected chi connectivity index (χ1v) is 9.29. The Bertz CT molecular complexity index is 303. The average molecular weight is 304 g/mol. The van der Waals surface area contributed by atoms with Crippen molar-refractivity contribution in [2.45, 2.75) is 37.7 Å². The molecule has 1 rings (SSSR count). The first-order valence-electron chi connectivity index (χ1n) is 7.02. The molecule has 1 N–H and O–H groups in total. The van der Waals surface area contributed by atoms with Gasteiger partial charge in [0.05, 0.1) is 0 Å². The lowest BCUT2D eigenvalue weighted by Crippen LogP contribution is -2.51. The van der Waals surface area contributed by atoms with Crippen molar-refractivity contribution >= 4 is 29.5 Å². The minimum Gasteiger partial charge on any atom is -0.355 e. The molecule has 0 aromatic rings. The molecule has 1 heterocycles. The summed E-state index contributed by atoms with van der Waals surface area (Å²) in [7, 11) is 1.89. The van der Waals surface area contributed by atoms with Crippen LogP contribution in [-0.4, -0.2) is 59.5 Å². The first-order chi connectivity index (χ1) is 8.89. The summed E-state index contributed by atoms with van der Waals surface area (Å²) in [5, 5.41) is 4.26. The number of nitrogens with one attached hydrogen (secondary N) is 1. The van der Waals surface area contributed by atoms with Crippen molar-refractivity contribution in [2.75, 3.05) is 38.7 Å². The van der Waals surface area contributed by atoms with Crippen LogP contribution in [0, 0.1) is 5.92 Å². The maximum absolute atomic E-state index is 4.46. The van der Waals surface area contributed by atoms with E-state index >= 15 is 0 Å². The van der Waals surface area contributed by atoms with E-state index in [1.807, 2.05) is 18.8 Å². The highest BCUT2D eigenvalue weighted by molar-refractivity contribution is 8.00. The van der Waals surface area contributed by atoms with Gasteiger partial charge in [0.2, 0.25) is 0 Å². The fraction of sp³-hybridized carbons (Fsp3) is 0.929. The molecule has 5 heteroatoms. The van der Waals surface area contributed by atoms with E-state index in [1.165, 1.54) is 5.75 Å². The van der Waals surface area contributed by atoms with Crippen molar-refractivity contribution in [1.29, 1.82) is 0 Å². The average Bonchev–Trinajstić information content (AvgIpc) is 2.39. The van der Waals surface area contributed by atoms with Gasteiger partial charge in [-0.25, -0.2) is 0 Å². The highest BCUT2D eigenvalue weighted by atomic mass is 32.2. The van der Waals surface area contributed by atoms with Crippen molar-refractivity contribution in [3.8, 4) is 0 Å². The molecule has 1 saturated heterocycles. The third-order valence-electron chi connectivity index (χ3n) is 3.57. The Kier molecular flexibility index (Phi) is 6.87. The van der Waals surface area contributed by atoms with Gasteiger partial charge in [-0.3, -0.25) is 4.99 Å². The van der Waals surface area contributed by atoms with Gasteiger partial charge in [-0.15, -0.1) is 0 Å². The Labute approximate surface area is 127 Å². The lowest BCUT2D eigenvalue weighted by molar-refractivity contribution is 0.379. The minimum absolute atomic E-state index is 0.248. The summed E-state index contributed by atoms with van der Waals surface area (Å²) in [5.41, 5.74) is 0. The number of guanidine groups is 1. The maximum Gasteiger partial charge on any atom is 0.193 e. The number of rotatable bonds is 4. The monoisotopic (exact) mass is 303 g/mol. The largest absolute Gasteiger partial charge is 0.355 e. The van der Waals surface area contributed by atoms with E-state index in [-0.39, 0.29) is 4.75 Å². The van der Waals surface area contributed by atoms with Crippen LogP contribution in [0.1, 0.15) is 27.7 Å². The number of aliphatic imine (C=N–C) groups is 1. The molecule has 1 fully saturated rings. The van der Waals surface area contributed by atoms with Gasteiger partial charge in [0, 0.05) is 42.4 Å². The lowest BCUT2D eigenvalue weighted by atomic mass is 10.1. The summed E-state index contributed by atoms with van der Waals surface area (Å²) >= 11 is 3.99. The molecule has 0 amide bonds. The van der Waals surface area contributed by atoms with E-state index in [2.05, 4.69) is 60.9 Å². The van der Waals surface area contributed by atoms with Gasteiger partial charge in [0.25, 0.3) is 0 Å². The second-order valence-corrected chi connectivity index (χ2v) is 8.82. The van der Waals surface area contributed by atoms with Crippen LogP contribution in [-0.2, 0) is 0 Å². The SMILES string of the molecule is CN=C(NCC(C)(C)SC)N1CCSC(C(C)C)C1. The van der Waals surface area contributed by atoms with Crippen LogP contribution >= 0.6 is 23.5 Å². The van der Waals surface area contributed by atoms with Crippen molar-refractivity contribution in [1.82, 2.24) is 10.2 Å². The van der Waals surface area contributed by atoms with Crippen LogP contribution in [0.5, 0.6) is 0 Å². The quantitative estimate of drug-likeness (QED) is 0.638. The Morgan fingerprint density at radius 3 is 2.74 bits per heavy atom. The van der Waals surface area contributed by atoms with E-state index < -0.39 is 0 Å². The molecule has 1 unspecified atom stereocenters. The zero-order valence-electron chi connectivity index (χ0n) is 13.2. The minimum atomic E-state index is 0.248. The summed E-state index contributed by atoms with van der Waals surface area (Å²) in [6, 6.07) is 0. The van der Waals surface area contributed by atoms with Crippen molar-refractivity contribution in [3.05, 3.63) is 0 Å². The fourth-order valence-electron chi connectivity index (χ4n) is 1.97. The van der Waals surface area contributed by atoms with Crippen LogP contribution < -0.4 is 5.32 Å². The van der Waals surface area contributed by atoms with Crippen LogP contribution in [0.2, 0.25) is 0 Å². The standard InChI is InChI=1S/C14H29N3S2/c1-11(2)12-9-17(7-8-19-12)13(15-5)16-10-14(3,4)18-6/h11-12H,7-10H2,1-6H3,(H,15,16). The zero-order valence-corrected chi connectivity index (χ0v) is 14.8. The molecule has 1 atom stereocenters. The maximum atomic E-state index is 4.46. The van der Waals surface area contributed by atoms with E-state index in [0.717, 1.165) is 36.8 Å². The van der Waals surface area contributed by atoms with Crippen LogP contribution in [0.3, 0.4) is 0 Å². The zero-order chi connectivity index (χ0) is 14.5. The molecule has 112 valence electrons. The van der Waals surface area contributed by atoms with Gasteiger partial charge in [-0.05, 0) is 26.0 Å². The molecule has 19 heavy (non-hydrogen) atoms. The summed E-state index contributed by atoms with van der Waals surface area (Å²) in [5.74, 6) is 3.00. The Balaban J connectivity index is 2.55. The van der Waals surface area contributed by atoms with Crippen molar-refractivity contribution in [3.63, 3.8) is 0 Å². The van der Waals surface area contributed by atoms with Crippen LogP contribution in [0.4, 0.5) is 0 Å². The highest BCUT2D eigenvalue weighted by Gasteiger charge is 2.25. The topological polar surface area (TPSA) is 27.6 Å². The second-order valence-electron chi connectivity index (χ2n) is 5.96. The Morgan fingerprint density at radius 1 is 1.53 bits per heavy atom. The second kappa shape index (κ2) is 7.67. The summed E-state index contributed by atoms with van der Waals surface area (Å²) in [6.45, 7) is 12.3. The fourth-order valence-corrected chi connectivity index (χ4v) is 3.48. The van der Waals surface area contributed by atoms with E-state index in [1.54, 1.807) is 0 Å². The molecule has 0 aromatic heterocycles. The number of thioether (sulfide) groups is 2. The summed E-state index contributed by atoms with van der Waals surface area (Å²) < 4.78 is 0.248. The molecule has 0 aliphatic carbocycles. The van der Waals surface area contributed by atoms with E-state index in [4.69, 9.17) is 0 Å². The molecule has 1 aliphatic rings. The van der Waals surface area contributed by atoms with Gasteiger partial charge in [-0.2, -0.15) is 23.5 Å². The predicted octanol–water partition coefficient (Wildman–Crippen LogP) is 2.78. The summed E-state index contributed by atoms with van der Waals surface area (Å²) in [4.78, 5) is 6.87. The molecule has 3 nitrogen and oxygen atoms in total. The lowest BCUT2D eigenvalue weighted by Gasteiger charge is -2.37. The molecule has 1 aliphatic heterocycles. The van der Waals surface area contributed by atoms with Gasteiger partial charge in [0.15, 0.2) is 5.96 Å². The van der Waals surface area contributed by atoms with Gasteiger partial charge in [0.1, 0.15) is 0 Å². The first kappa shape index (κ1) is 17.0. The van der Waals surface area contributed by atoms with E-state index in [0.29, 0.717) is 0 Å². The number of hydrogen-bond donors (Lipinski definition) is 1. The van der Waals surface area contributed by atoms with E-state index in [9.17, 15) is 0 Å². The molecule has 0 radical (unpaired) electrons. The molecular weight excluding hydrogens is 274 g/mol. The molecule has 0 aromatic carbocycles. The molecule has 0 spiro atoms. The van der Waals surface area contributed by atoms with Crippen molar-refractivity contribution in [2.24, 2.45) is 10.9 Å². The van der Waals surface area contributed by atoms with Gasteiger partial charge >= 0.3 is 0 Å². The smallest absolute Gasteiger partial charge is 0.193 e. The van der Waals surface area contributed by atoms with Crippen LogP contribution in [0.25, 0.3) is 0 Å². The van der Waals surface area contributed by atoms with Crippen LogP contribution in [0.15, 0.2) is 4.99 Å². The normalized spacial score (nSPS) is 21.9. The predicted molar refractivity (Wildman–Crippen MR) is 91.6 cm³/mol.